The first kappa shape index (κ1) is 27.3. The van der Waals surface area contributed by atoms with Gasteiger partial charge in [-0.2, -0.15) is 13.2 Å². The number of carbonyl (C=O) groups is 2. The summed E-state index contributed by atoms with van der Waals surface area (Å²) < 4.78 is 50.4. The molecule has 39 heavy (non-hydrogen) atoms. The van der Waals surface area contributed by atoms with Gasteiger partial charge >= 0.3 is 12.2 Å². The number of fused-ring (bicyclic) bond motifs is 3. The molecule has 4 N–H and O–H groups in total. The third-order valence-electron chi connectivity index (χ3n) is 7.61. The maximum atomic E-state index is 12.8. The van der Waals surface area contributed by atoms with Crippen molar-refractivity contribution in [3.63, 3.8) is 0 Å². The van der Waals surface area contributed by atoms with Crippen LogP contribution in [0.4, 0.5) is 29.3 Å². The Kier molecular flexibility index (Phi) is 7.99. The number of aliphatic hydroxyl groups is 1. The smallest absolute Gasteiger partial charge is 0.416 e. The van der Waals surface area contributed by atoms with Crippen molar-refractivity contribution >= 4 is 23.3 Å². The number of hydrogen-bond donors (Lipinski definition) is 4. The maximum absolute atomic E-state index is 12.8. The summed E-state index contributed by atoms with van der Waals surface area (Å²) in [5.41, 5.74) is 0.728. The topological polar surface area (TPSA) is 109 Å². The molecule has 0 aromatic heterocycles. The number of amides is 3. The van der Waals surface area contributed by atoms with E-state index in [-0.39, 0.29) is 42.7 Å². The minimum atomic E-state index is -4.46. The highest BCUT2D eigenvalue weighted by molar-refractivity contribution is 5.99. The molecule has 8 nitrogen and oxygen atoms in total. The second-order valence-electron chi connectivity index (χ2n) is 10.4. The van der Waals surface area contributed by atoms with E-state index in [9.17, 15) is 27.9 Å². The lowest BCUT2D eigenvalue weighted by atomic mass is 9.84. The van der Waals surface area contributed by atoms with E-state index < -0.39 is 30.0 Å². The summed E-state index contributed by atoms with van der Waals surface area (Å²) in [7, 11) is 0. The molecule has 3 amide bonds. The van der Waals surface area contributed by atoms with Crippen molar-refractivity contribution in [1.82, 2.24) is 5.32 Å². The van der Waals surface area contributed by atoms with E-state index in [4.69, 9.17) is 9.47 Å². The zero-order valence-electron chi connectivity index (χ0n) is 21.3. The van der Waals surface area contributed by atoms with Gasteiger partial charge in [0.15, 0.2) is 0 Å². The van der Waals surface area contributed by atoms with Gasteiger partial charge in [-0.3, -0.25) is 4.79 Å². The number of nitrogens with one attached hydrogen (secondary N) is 3. The van der Waals surface area contributed by atoms with Gasteiger partial charge in [-0.1, -0.05) is 19.3 Å². The average molecular weight is 548 g/mol. The van der Waals surface area contributed by atoms with Crippen molar-refractivity contribution < 1.29 is 37.3 Å². The molecule has 1 saturated carbocycles. The first-order valence-electron chi connectivity index (χ1n) is 13.3. The van der Waals surface area contributed by atoms with Crippen LogP contribution in [0.15, 0.2) is 42.5 Å². The van der Waals surface area contributed by atoms with Gasteiger partial charge in [-0.25, -0.2) is 4.79 Å². The van der Waals surface area contributed by atoms with Crippen molar-refractivity contribution in [2.75, 3.05) is 17.2 Å². The summed E-state index contributed by atoms with van der Waals surface area (Å²) in [5, 5.41) is 18.3. The molecule has 2 heterocycles. The monoisotopic (exact) mass is 547 g/mol. The molecule has 2 aliphatic heterocycles. The molecule has 1 saturated heterocycles. The lowest BCUT2D eigenvalue weighted by molar-refractivity contribution is -0.143. The molecule has 0 bridgehead atoms. The van der Waals surface area contributed by atoms with E-state index in [0.29, 0.717) is 17.9 Å². The molecule has 0 radical (unpaired) electrons. The molecule has 2 fully saturated rings. The Bertz CT molecular complexity index is 1180. The summed E-state index contributed by atoms with van der Waals surface area (Å²) in [5.74, 6) is 0.419. The number of benzene rings is 2. The average Bonchev–Trinajstić information content (AvgIpc) is 3.26. The second kappa shape index (κ2) is 11.4. The lowest BCUT2D eigenvalue weighted by Gasteiger charge is -2.37. The minimum absolute atomic E-state index is 0.0588. The molecule has 5 rings (SSSR count). The maximum Gasteiger partial charge on any atom is 0.416 e. The minimum Gasteiger partial charge on any atom is -0.487 e. The van der Waals surface area contributed by atoms with Crippen molar-refractivity contribution in [3.05, 3.63) is 53.6 Å². The summed E-state index contributed by atoms with van der Waals surface area (Å²) in [6.07, 6.45) is 0.279. The number of aliphatic hydroxyl groups excluding tert-OH is 1. The Morgan fingerprint density at radius 1 is 0.974 bits per heavy atom. The van der Waals surface area contributed by atoms with Crippen LogP contribution in [0, 0.1) is 0 Å². The molecule has 2 aromatic rings. The fourth-order valence-electron chi connectivity index (χ4n) is 5.74. The van der Waals surface area contributed by atoms with Crippen LogP contribution >= 0.6 is 0 Å². The number of hydrogen-bond acceptors (Lipinski definition) is 5. The zero-order valence-corrected chi connectivity index (χ0v) is 21.3. The molecular weight excluding hydrogens is 515 g/mol. The van der Waals surface area contributed by atoms with Crippen molar-refractivity contribution in [1.29, 1.82) is 0 Å². The van der Waals surface area contributed by atoms with Gasteiger partial charge in [0, 0.05) is 28.9 Å². The number of carbonyl (C=O) groups excluding carboxylic acids is 2. The normalized spacial score (nSPS) is 24.7. The fraction of sp³-hybridized carbons (Fsp3) is 0.500. The van der Waals surface area contributed by atoms with Crippen LogP contribution in [0.2, 0.25) is 0 Å². The zero-order chi connectivity index (χ0) is 27.6. The molecule has 4 atom stereocenters. The van der Waals surface area contributed by atoms with Gasteiger partial charge in [0.1, 0.15) is 18.0 Å². The highest BCUT2D eigenvalue weighted by Gasteiger charge is 2.46. The summed E-state index contributed by atoms with van der Waals surface area (Å²) in [6, 6.07) is 8.93. The predicted octanol–water partition coefficient (Wildman–Crippen LogP) is 5.18. The van der Waals surface area contributed by atoms with Crippen LogP contribution < -0.4 is 20.7 Å². The molecule has 0 spiro atoms. The Balaban J connectivity index is 1.22. The number of alkyl halides is 3. The molecule has 210 valence electrons. The van der Waals surface area contributed by atoms with Crippen LogP contribution in [0.1, 0.15) is 62.0 Å². The van der Waals surface area contributed by atoms with Crippen LogP contribution in [0.25, 0.3) is 0 Å². The fourth-order valence-corrected chi connectivity index (χ4v) is 5.74. The summed E-state index contributed by atoms with van der Waals surface area (Å²) >= 11 is 0. The van der Waals surface area contributed by atoms with E-state index in [2.05, 4.69) is 16.0 Å². The number of ether oxygens (including phenoxy) is 2. The second-order valence-corrected chi connectivity index (χ2v) is 10.4. The Hall–Kier alpha value is -3.31. The molecular formula is C28H32F3N3O5. The van der Waals surface area contributed by atoms with Crippen LogP contribution in [0.3, 0.4) is 0 Å². The van der Waals surface area contributed by atoms with Gasteiger partial charge in [0.2, 0.25) is 5.91 Å². The highest BCUT2D eigenvalue weighted by atomic mass is 19.4. The van der Waals surface area contributed by atoms with Crippen molar-refractivity contribution in [3.8, 4) is 5.75 Å². The Morgan fingerprint density at radius 3 is 2.36 bits per heavy atom. The van der Waals surface area contributed by atoms with E-state index in [1.165, 1.54) is 18.6 Å². The van der Waals surface area contributed by atoms with Gasteiger partial charge < -0.3 is 30.5 Å². The van der Waals surface area contributed by atoms with Crippen LogP contribution in [-0.4, -0.2) is 48.0 Å². The quantitative estimate of drug-likeness (QED) is 0.399. The van der Waals surface area contributed by atoms with Gasteiger partial charge in [-0.05, 0) is 61.7 Å². The van der Waals surface area contributed by atoms with E-state index in [0.717, 1.165) is 43.4 Å². The first-order chi connectivity index (χ1) is 18.7. The third-order valence-corrected chi connectivity index (χ3v) is 7.61. The third kappa shape index (κ3) is 6.47. The number of halogens is 3. The molecule has 3 aliphatic rings. The molecule has 2 aromatic carbocycles. The first-order valence-corrected chi connectivity index (χ1v) is 13.3. The van der Waals surface area contributed by atoms with E-state index >= 15 is 0 Å². The predicted molar refractivity (Wildman–Crippen MR) is 138 cm³/mol. The molecule has 0 unspecified atom stereocenters. The number of rotatable bonds is 6. The Labute approximate surface area is 224 Å². The Morgan fingerprint density at radius 2 is 1.67 bits per heavy atom. The van der Waals surface area contributed by atoms with Crippen molar-refractivity contribution in [2.24, 2.45) is 0 Å². The lowest BCUT2D eigenvalue weighted by Crippen LogP contribution is -2.48. The van der Waals surface area contributed by atoms with Gasteiger partial charge in [0.25, 0.3) is 0 Å². The summed E-state index contributed by atoms with van der Waals surface area (Å²) in [6.45, 7) is -0.253. The van der Waals surface area contributed by atoms with Crippen LogP contribution in [-0.2, 0) is 15.7 Å². The standard InChI is InChI=1S/C28H32F3N3O5/c29-28(30,31)16-6-8-18(9-7-16)33-27(37)34-19-10-11-23-21(12-19)22-13-20(38-24(15-35)26(22)39-23)14-25(36)32-17-4-2-1-3-5-17/h6-12,17,20,22,24,26,35H,1-5,13-15H2,(H,32,36)(H2,33,34,37)/t20-,22-,24+,26+/m0/s1. The number of urea groups is 1. The largest absolute Gasteiger partial charge is 0.487 e. The number of anilines is 2. The van der Waals surface area contributed by atoms with Crippen LogP contribution in [0.5, 0.6) is 5.75 Å². The SMILES string of the molecule is O=C(C[C@@H]1C[C@H]2c3cc(NC(=O)Nc4ccc(C(F)(F)F)cc4)ccc3O[C@H]2[C@@H](CO)O1)NC1CCCCC1. The van der Waals surface area contributed by atoms with Gasteiger partial charge in [-0.15, -0.1) is 0 Å². The van der Waals surface area contributed by atoms with E-state index in [1.807, 2.05) is 0 Å². The van der Waals surface area contributed by atoms with Crippen molar-refractivity contribution in [2.45, 2.75) is 81.4 Å². The molecule has 11 heteroatoms. The van der Waals surface area contributed by atoms with Gasteiger partial charge in [0.05, 0.1) is 24.7 Å². The molecule has 1 aliphatic carbocycles. The summed E-state index contributed by atoms with van der Waals surface area (Å²) in [4.78, 5) is 25.2. The van der Waals surface area contributed by atoms with E-state index in [1.54, 1.807) is 18.2 Å². The highest BCUT2D eigenvalue weighted by Crippen LogP contribution is 2.47.